The van der Waals surface area contributed by atoms with Gasteiger partial charge in [-0.2, -0.15) is 0 Å². The van der Waals surface area contributed by atoms with Crippen LogP contribution in [0.3, 0.4) is 0 Å². The van der Waals surface area contributed by atoms with Crippen molar-refractivity contribution in [2.24, 2.45) is 23.2 Å². The second kappa shape index (κ2) is 5.82. The Kier molecular flexibility index (Phi) is 4.21. The number of hydrogen-bond acceptors (Lipinski definition) is 3. The largest absolute Gasteiger partial charge is 0.481 e. The first-order valence-corrected chi connectivity index (χ1v) is 9.15. The van der Waals surface area contributed by atoms with Gasteiger partial charge in [0.2, 0.25) is 5.91 Å². The van der Waals surface area contributed by atoms with E-state index in [2.05, 4.69) is 0 Å². The number of rotatable bonds is 6. The molecule has 0 spiro atoms. The Hall–Kier alpha value is -0.710. The molecule has 4 fully saturated rings. The summed E-state index contributed by atoms with van der Waals surface area (Å²) in [6.45, 7) is 0.878. The molecule has 4 saturated carbocycles. The zero-order chi connectivity index (χ0) is 15.0. The quantitative estimate of drug-likeness (QED) is 0.819. The molecule has 4 nitrogen and oxygen atoms in total. The van der Waals surface area contributed by atoms with Crippen LogP contribution in [-0.4, -0.2) is 47.0 Å². The lowest BCUT2D eigenvalue weighted by Crippen LogP contribution is -2.51. The van der Waals surface area contributed by atoms with Gasteiger partial charge < -0.3 is 10.0 Å². The number of carboxylic acids is 1. The third-order valence-corrected chi connectivity index (χ3v) is 6.52. The molecule has 0 aliphatic heterocycles. The highest BCUT2D eigenvalue weighted by atomic mass is 32.2. The number of carbonyl (C=O) groups excluding carboxylic acids is 1. The van der Waals surface area contributed by atoms with Crippen molar-refractivity contribution in [3.05, 3.63) is 0 Å². The van der Waals surface area contributed by atoms with Crippen molar-refractivity contribution >= 4 is 23.6 Å². The Bertz CT molecular complexity index is 402. The highest BCUT2D eigenvalue weighted by Gasteiger charge is 2.51. The van der Waals surface area contributed by atoms with Gasteiger partial charge in [-0.05, 0) is 61.7 Å². The first-order valence-electron chi connectivity index (χ1n) is 7.99. The number of carboxylic acid groups (broad SMARTS) is 1. The fraction of sp³-hybridized carbons (Fsp3) is 0.875. The van der Waals surface area contributed by atoms with Crippen molar-refractivity contribution in [2.75, 3.05) is 25.1 Å². The summed E-state index contributed by atoms with van der Waals surface area (Å²) in [6, 6.07) is 0. The number of hydrogen-bond donors (Lipinski definition) is 1. The van der Waals surface area contributed by atoms with Crippen LogP contribution in [0.25, 0.3) is 0 Å². The van der Waals surface area contributed by atoms with E-state index in [1.807, 2.05) is 11.9 Å². The lowest BCUT2D eigenvalue weighted by molar-refractivity contribution is -0.133. The molecule has 118 valence electrons. The Balaban J connectivity index is 1.53. The van der Waals surface area contributed by atoms with Gasteiger partial charge in [0.1, 0.15) is 0 Å². The number of thioether (sulfide) groups is 1. The van der Waals surface area contributed by atoms with Gasteiger partial charge in [-0.1, -0.05) is 0 Å². The normalized spacial score (nSPS) is 36.7. The predicted octanol–water partition coefficient (Wildman–Crippen LogP) is 2.48. The molecule has 0 aromatic carbocycles. The molecule has 0 aromatic heterocycles. The molecule has 4 rings (SSSR count). The monoisotopic (exact) mass is 311 g/mol. The second-order valence-corrected chi connectivity index (χ2v) is 8.54. The lowest BCUT2D eigenvalue weighted by atomic mass is 9.49. The van der Waals surface area contributed by atoms with Crippen LogP contribution >= 0.6 is 11.8 Å². The summed E-state index contributed by atoms with van der Waals surface area (Å²) < 4.78 is 0. The molecule has 4 aliphatic rings. The fourth-order valence-corrected chi connectivity index (χ4v) is 6.08. The molecule has 0 atom stereocenters. The maximum atomic E-state index is 12.2. The topological polar surface area (TPSA) is 57.6 Å². The molecule has 1 amide bonds. The minimum atomic E-state index is -0.850. The van der Waals surface area contributed by atoms with Crippen LogP contribution in [-0.2, 0) is 9.59 Å². The highest BCUT2D eigenvalue weighted by Crippen LogP contribution is 2.60. The average Bonchev–Trinajstić information content (AvgIpc) is 2.35. The number of aliphatic carboxylic acids is 1. The number of carbonyl (C=O) groups is 2. The van der Waals surface area contributed by atoms with E-state index < -0.39 is 5.97 Å². The van der Waals surface area contributed by atoms with Crippen LogP contribution in [0.1, 0.15) is 38.5 Å². The molecule has 5 heteroatoms. The Morgan fingerprint density at radius 1 is 1.10 bits per heavy atom. The van der Waals surface area contributed by atoms with E-state index in [0.29, 0.717) is 5.41 Å². The van der Waals surface area contributed by atoms with Crippen molar-refractivity contribution < 1.29 is 14.7 Å². The molecule has 21 heavy (non-hydrogen) atoms. The van der Waals surface area contributed by atoms with Gasteiger partial charge in [0, 0.05) is 13.6 Å². The Labute approximate surface area is 130 Å². The van der Waals surface area contributed by atoms with E-state index in [-0.39, 0.29) is 17.4 Å². The zero-order valence-corrected chi connectivity index (χ0v) is 13.5. The predicted molar refractivity (Wildman–Crippen MR) is 83.2 cm³/mol. The zero-order valence-electron chi connectivity index (χ0n) is 12.7. The van der Waals surface area contributed by atoms with Gasteiger partial charge in [0.25, 0.3) is 0 Å². The summed E-state index contributed by atoms with van der Waals surface area (Å²) in [4.78, 5) is 24.5. The molecular formula is C16H25NO3S. The summed E-state index contributed by atoms with van der Waals surface area (Å²) in [7, 11) is 1.89. The van der Waals surface area contributed by atoms with Crippen molar-refractivity contribution in [2.45, 2.75) is 38.5 Å². The van der Waals surface area contributed by atoms with E-state index >= 15 is 0 Å². The molecule has 1 N–H and O–H groups in total. The van der Waals surface area contributed by atoms with E-state index in [1.54, 1.807) is 0 Å². The molecule has 0 radical (unpaired) electrons. The maximum Gasteiger partial charge on any atom is 0.313 e. The van der Waals surface area contributed by atoms with Gasteiger partial charge in [-0.15, -0.1) is 11.8 Å². The van der Waals surface area contributed by atoms with Gasteiger partial charge in [0.15, 0.2) is 0 Å². The minimum Gasteiger partial charge on any atom is -0.481 e. The van der Waals surface area contributed by atoms with Crippen molar-refractivity contribution in [1.82, 2.24) is 4.90 Å². The summed E-state index contributed by atoms with van der Waals surface area (Å²) in [5, 5.41) is 8.63. The van der Waals surface area contributed by atoms with Gasteiger partial charge in [-0.25, -0.2) is 0 Å². The summed E-state index contributed by atoms with van der Waals surface area (Å²) in [5.74, 6) is 2.24. The number of amides is 1. The Morgan fingerprint density at radius 3 is 2.10 bits per heavy atom. The van der Waals surface area contributed by atoms with E-state index in [0.717, 1.165) is 24.3 Å². The van der Waals surface area contributed by atoms with Crippen molar-refractivity contribution in [1.29, 1.82) is 0 Å². The molecule has 0 heterocycles. The van der Waals surface area contributed by atoms with E-state index in [4.69, 9.17) is 5.11 Å². The first kappa shape index (κ1) is 15.2. The lowest BCUT2D eigenvalue weighted by Gasteiger charge is -2.57. The van der Waals surface area contributed by atoms with Gasteiger partial charge >= 0.3 is 5.97 Å². The number of nitrogens with zero attached hydrogens (tertiary/aromatic N) is 1. The third kappa shape index (κ3) is 3.38. The fourth-order valence-electron chi connectivity index (χ4n) is 5.41. The van der Waals surface area contributed by atoms with Crippen molar-refractivity contribution in [3.63, 3.8) is 0 Å². The highest BCUT2D eigenvalue weighted by molar-refractivity contribution is 8.00. The Morgan fingerprint density at radius 2 is 1.62 bits per heavy atom. The average molecular weight is 311 g/mol. The molecule has 0 unspecified atom stereocenters. The maximum absolute atomic E-state index is 12.2. The summed E-state index contributed by atoms with van der Waals surface area (Å²) in [5.41, 5.74) is 0.372. The van der Waals surface area contributed by atoms with Crippen molar-refractivity contribution in [3.8, 4) is 0 Å². The minimum absolute atomic E-state index is 0.0109. The molecule has 4 bridgehead atoms. The van der Waals surface area contributed by atoms with Crippen LogP contribution < -0.4 is 0 Å². The van der Waals surface area contributed by atoms with Gasteiger partial charge in [-0.3, -0.25) is 9.59 Å². The van der Waals surface area contributed by atoms with Crippen LogP contribution in [0.15, 0.2) is 0 Å². The van der Waals surface area contributed by atoms with Crippen LogP contribution in [0.2, 0.25) is 0 Å². The second-order valence-electron chi connectivity index (χ2n) is 7.55. The van der Waals surface area contributed by atoms with Gasteiger partial charge in [0.05, 0.1) is 11.5 Å². The van der Waals surface area contributed by atoms with Crippen LogP contribution in [0, 0.1) is 23.2 Å². The van der Waals surface area contributed by atoms with Crippen LogP contribution in [0.5, 0.6) is 0 Å². The van der Waals surface area contributed by atoms with E-state index in [1.165, 1.54) is 50.3 Å². The molecule has 0 aromatic rings. The summed E-state index contributed by atoms with van der Waals surface area (Å²) in [6.07, 6.45) is 8.18. The van der Waals surface area contributed by atoms with E-state index in [9.17, 15) is 9.59 Å². The third-order valence-electron chi connectivity index (χ3n) is 5.61. The SMILES string of the molecule is CN(CC12CC3CC(CC(C3)C1)C2)C(=O)CSCC(=O)O. The van der Waals surface area contributed by atoms with Crippen LogP contribution in [0.4, 0.5) is 0 Å². The smallest absolute Gasteiger partial charge is 0.313 e. The first-order chi connectivity index (χ1) is 9.96. The molecule has 0 saturated heterocycles. The molecule has 4 aliphatic carbocycles. The standard InChI is InChI=1S/C16H25NO3S/c1-17(14(18)8-21-9-15(19)20)10-16-5-11-2-12(6-16)4-13(3-11)7-16/h11-13H,2-10H2,1H3,(H,19,20). The molecular weight excluding hydrogens is 286 g/mol. The summed E-state index contributed by atoms with van der Waals surface area (Å²) >= 11 is 1.20.